The van der Waals surface area contributed by atoms with Crippen molar-refractivity contribution in [3.05, 3.63) is 71.1 Å². The summed E-state index contributed by atoms with van der Waals surface area (Å²) >= 11 is 0. The van der Waals surface area contributed by atoms with Crippen molar-refractivity contribution in [2.24, 2.45) is 0 Å². The lowest BCUT2D eigenvalue weighted by atomic mass is 10.2. The number of benzene rings is 2. The Bertz CT molecular complexity index is 1200. The lowest BCUT2D eigenvalue weighted by Gasteiger charge is -2.33. The number of rotatable bonds is 7. The second kappa shape index (κ2) is 10.8. The number of carbonyl (C=O) groups excluding carboxylic acids is 3. The minimum atomic E-state index is -3.59. The molecule has 0 atom stereocenters. The molecule has 2 aliphatic heterocycles. The summed E-state index contributed by atoms with van der Waals surface area (Å²) in [4.78, 5) is 40.1. The molecule has 184 valence electrons. The van der Waals surface area contributed by atoms with Crippen LogP contribution in [-0.4, -0.2) is 74.6 Å². The highest BCUT2D eigenvalue weighted by Crippen LogP contribution is 2.21. The second-order valence-electron chi connectivity index (χ2n) is 8.42. The van der Waals surface area contributed by atoms with Crippen LogP contribution in [0.5, 0.6) is 0 Å². The second-order valence-corrected chi connectivity index (χ2v) is 10.2. The fraction of sp³-hybridized carbons (Fsp3) is 0.320. The number of sulfonamides is 1. The van der Waals surface area contributed by atoms with Crippen LogP contribution in [0, 0.1) is 0 Å². The molecule has 0 aliphatic carbocycles. The highest BCUT2D eigenvalue weighted by Gasteiger charge is 2.27. The zero-order valence-corrected chi connectivity index (χ0v) is 20.1. The maximum Gasteiger partial charge on any atom is 0.251 e. The summed E-state index contributed by atoms with van der Waals surface area (Å²) in [6, 6.07) is 15.9. The molecule has 0 bridgehead atoms. The predicted octanol–water partition coefficient (Wildman–Crippen LogP) is 1.69. The van der Waals surface area contributed by atoms with E-state index in [1.54, 1.807) is 40.1 Å². The number of carbonyl (C=O) groups is 3. The fourth-order valence-electron chi connectivity index (χ4n) is 4.09. The Labute approximate surface area is 205 Å². The third kappa shape index (κ3) is 6.14. The monoisotopic (exact) mass is 496 g/mol. The first kappa shape index (κ1) is 24.6. The van der Waals surface area contributed by atoms with Crippen LogP contribution in [0.4, 0.5) is 5.69 Å². The molecule has 2 heterocycles. The molecule has 3 amide bonds. The summed E-state index contributed by atoms with van der Waals surface area (Å²) in [5.74, 6) is -0.577. The summed E-state index contributed by atoms with van der Waals surface area (Å²) in [5, 5.41) is 3.81. The Morgan fingerprint density at radius 1 is 0.914 bits per heavy atom. The molecule has 35 heavy (non-hydrogen) atoms. The molecule has 0 aromatic heterocycles. The van der Waals surface area contributed by atoms with Crippen molar-refractivity contribution >= 4 is 39.5 Å². The first-order valence-electron chi connectivity index (χ1n) is 11.5. The van der Waals surface area contributed by atoms with E-state index < -0.39 is 10.0 Å². The van der Waals surface area contributed by atoms with Crippen molar-refractivity contribution in [2.45, 2.75) is 12.8 Å². The smallest absolute Gasteiger partial charge is 0.251 e. The van der Waals surface area contributed by atoms with Gasteiger partial charge in [-0.05, 0) is 42.3 Å². The van der Waals surface area contributed by atoms with E-state index >= 15 is 0 Å². The van der Waals surface area contributed by atoms with Crippen LogP contribution in [0.25, 0.3) is 6.08 Å². The molecular weight excluding hydrogens is 468 g/mol. The van der Waals surface area contributed by atoms with Crippen LogP contribution in [0.1, 0.15) is 28.8 Å². The summed E-state index contributed by atoms with van der Waals surface area (Å²) < 4.78 is 26.5. The molecule has 2 aromatic carbocycles. The van der Waals surface area contributed by atoms with Crippen molar-refractivity contribution < 1.29 is 22.8 Å². The van der Waals surface area contributed by atoms with E-state index in [4.69, 9.17) is 0 Å². The molecule has 0 radical (unpaired) electrons. The van der Waals surface area contributed by atoms with Gasteiger partial charge in [-0.2, -0.15) is 4.31 Å². The van der Waals surface area contributed by atoms with Crippen molar-refractivity contribution in [2.75, 3.05) is 44.2 Å². The van der Waals surface area contributed by atoms with Gasteiger partial charge in [-0.1, -0.05) is 30.3 Å². The minimum absolute atomic E-state index is 0.0768. The highest BCUT2D eigenvalue weighted by molar-refractivity contribution is 7.92. The number of hydrogen-bond donors (Lipinski definition) is 1. The zero-order valence-electron chi connectivity index (χ0n) is 19.3. The highest BCUT2D eigenvalue weighted by atomic mass is 32.2. The zero-order chi connectivity index (χ0) is 24.8. The molecule has 10 heteroatoms. The van der Waals surface area contributed by atoms with Crippen LogP contribution >= 0.6 is 0 Å². The van der Waals surface area contributed by atoms with E-state index in [1.807, 2.05) is 30.3 Å². The molecule has 1 N–H and O–H groups in total. The molecule has 0 unspecified atom stereocenters. The summed E-state index contributed by atoms with van der Waals surface area (Å²) in [6.45, 7) is 1.40. The third-order valence-electron chi connectivity index (χ3n) is 6.10. The SMILES string of the molecule is O=C(NCC(=O)N1CCN(S(=O)(=O)/C=C/c2ccccc2)CC1)c1ccc(N2CCCC2=O)cc1. The van der Waals surface area contributed by atoms with Crippen molar-refractivity contribution in [3.8, 4) is 0 Å². The van der Waals surface area contributed by atoms with E-state index in [1.165, 1.54) is 9.71 Å². The van der Waals surface area contributed by atoms with Crippen LogP contribution < -0.4 is 10.2 Å². The van der Waals surface area contributed by atoms with Gasteiger partial charge in [0.15, 0.2) is 0 Å². The van der Waals surface area contributed by atoms with Crippen LogP contribution in [0.3, 0.4) is 0 Å². The third-order valence-corrected chi connectivity index (χ3v) is 7.66. The van der Waals surface area contributed by atoms with Crippen LogP contribution in [-0.2, 0) is 19.6 Å². The van der Waals surface area contributed by atoms with Crippen molar-refractivity contribution in [1.29, 1.82) is 0 Å². The predicted molar refractivity (Wildman–Crippen MR) is 133 cm³/mol. The number of piperazine rings is 1. The maximum atomic E-state index is 12.6. The number of amides is 3. The van der Waals surface area contributed by atoms with E-state index in [2.05, 4.69) is 5.32 Å². The van der Waals surface area contributed by atoms with Gasteiger partial charge in [0, 0.05) is 55.8 Å². The molecule has 4 rings (SSSR count). The minimum Gasteiger partial charge on any atom is -0.343 e. The number of anilines is 1. The lowest BCUT2D eigenvalue weighted by Crippen LogP contribution is -2.52. The topological polar surface area (TPSA) is 107 Å². The molecule has 2 aliphatic rings. The molecular formula is C25H28N4O5S. The van der Waals surface area contributed by atoms with Gasteiger partial charge in [-0.25, -0.2) is 8.42 Å². The quantitative estimate of drug-likeness (QED) is 0.628. The largest absolute Gasteiger partial charge is 0.343 e. The molecule has 0 spiro atoms. The van der Waals surface area contributed by atoms with Gasteiger partial charge >= 0.3 is 0 Å². The summed E-state index contributed by atoms with van der Waals surface area (Å²) in [5.41, 5.74) is 1.95. The molecule has 2 saturated heterocycles. The van der Waals surface area contributed by atoms with Gasteiger partial charge in [-0.3, -0.25) is 14.4 Å². The van der Waals surface area contributed by atoms with Crippen LogP contribution in [0.2, 0.25) is 0 Å². The van der Waals surface area contributed by atoms with Crippen molar-refractivity contribution in [1.82, 2.24) is 14.5 Å². The van der Waals surface area contributed by atoms with Gasteiger partial charge in [0.05, 0.1) is 6.54 Å². The van der Waals surface area contributed by atoms with E-state index in [0.717, 1.165) is 17.7 Å². The standard InChI is InChI=1S/C25H28N4O5S/c30-23-7-4-13-29(23)22-10-8-21(9-11-22)25(32)26-19-24(31)27-14-16-28(17-15-27)35(33,34)18-12-20-5-2-1-3-6-20/h1-3,5-6,8-12,18H,4,7,13-17,19H2,(H,26,32)/b18-12+. The van der Waals surface area contributed by atoms with Gasteiger partial charge < -0.3 is 15.1 Å². The number of hydrogen-bond acceptors (Lipinski definition) is 5. The van der Waals surface area contributed by atoms with Gasteiger partial charge in [-0.15, -0.1) is 0 Å². The number of nitrogens with one attached hydrogen (secondary N) is 1. The van der Waals surface area contributed by atoms with Gasteiger partial charge in [0.25, 0.3) is 5.91 Å². The van der Waals surface area contributed by atoms with Gasteiger partial charge in [0.1, 0.15) is 0 Å². The Morgan fingerprint density at radius 3 is 2.23 bits per heavy atom. The molecule has 2 aromatic rings. The Morgan fingerprint density at radius 2 is 1.60 bits per heavy atom. The van der Waals surface area contributed by atoms with Crippen LogP contribution in [0.15, 0.2) is 60.0 Å². The molecule has 0 saturated carbocycles. The Hall–Kier alpha value is -3.50. The Balaban J connectivity index is 1.24. The summed E-state index contributed by atoms with van der Waals surface area (Å²) in [6.07, 6.45) is 2.92. The average molecular weight is 497 g/mol. The maximum absolute atomic E-state index is 12.6. The normalized spacial score (nSPS) is 17.2. The molecule has 2 fully saturated rings. The first-order valence-corrected chi connectivity index (χ1v) is 13.0. The van der Waals surface area contributed by atoms with E-state index in [0.29, 0.717) is 18.5 Å². The summed E-state index contributed by atoms with van der Waals surface area (Å²) in [7, 11) is -3.59. The lowest BCUT2D eigenvalue weighted by molar-refractivity contribution is -0.131. The average Bonchev–Trinajstić information content (AvgIpc) is 3.32. The van der Waals surface area contributed by atoms with Gasteiger partial charge in [0.2, 0.25) is 21.8 Å². The van der Waals surface area contributed by atoms with E-state index in [-0.39, 0.29) is 50.4 Å². The fourth-order valence-corrected chi connectivity index (χ4v) is 5.26. The molecule has 9 nitrogen and oxygen atoms in total. The Kier molecular flexibility index (Phi) is 7.62. The first-order chi connectivity index (χ1) is 16.8. The number of nitrogens with zero attached hydrogens (tertiary/aromatic N) is 3. The van der Waals surface area contributed by atoms with E-state index in [9.17, 15) is 22.8 Å². The van der Waals surface area contributed by atoms with Crippen molar-refractivity contribution in [3.63, 3.8) is 0 Å².